The Morgan fingerprint density at radius 1 is 1.36 bits per heavy atom. The number of hydrogen-bond acceptors (Lipinski definition) is 5. The number of carbonyl (C=O) groups is 1. The van der Waals surface area contributed by atoms with Crippen molar-refractivity contribution < 1.29 is 32.7 Å². The maximum Gasteiger partial charge on any atom is 0.335 e. The van der Waals surface area contributed by atoms with E-state index in [-0.39, 0.29) is 11.4 Å². The summed E-state index contributed by atoms with van der Waals surface area (Å²) in [5.74, 6) is -1.84. The number of anilines is 1. The zero-order valence-corrected chi connectivity index (χ0v) is 13.6. The number of para-hydroxylation sites is 1. The van der Waals surface area contributed by atoms with E-state index in [0.29, 0.717) is 0 Å². The molecule has 0 fully saturated rings. The molecular formula is C17H20N2O5S. The molecule has 0 heterocycles. The van der Waals surface area contributed by atoms with E-state index in [2.05, 4.69) is 5.32 Å². The zero-order valence-electron chi connectivity index (χ0n) is 19.8. The van der Waals surface area contributed by atoms with Gasteiger partial charge in [-0.2, -0.15) is 0 Å². The zero-order chi connectivity index (χ0) is 24.5. The lowest BCUT2D eigenvalue weighted by Gasteiger charge is -2.17. The van der Waals surface area contributed by atoms with E-state index in [4.69, 9.17) is 19.5 Å². The molecule has 25 heavy (non-hydrogen) atoms. The number of nitrogens with two attached hydrogens (primary N) is 1. The van der Waals surface area contributed by atoms with Crippen molar-refractivity contribution in [3.63, 3.8) is 0 Å². The van der Waals surface area contributed by atoms with Crippen molar-refractivity contribution in [1.29, 1.82) is 0 Å². The van der Waals surface area contributed by atoms with Gasteiger partial charge in [-0.3, -0.25) is 0 Å². The molecule has 0 radical (unpaired) electrons. The molecule has 0 atom stereocenters. The van der Waals surface area contributed by atoms with Gasteiger partial charge in [0, 0.05) is 16.1 Å². The normalized spacial score (nSPS) is 16.9. The van der Waals surface area contributed by atoms with E-state index >= 15 is 0 Å². The fourth-order valence-corrected chi connectivity index (χ4v) is 2.66. The van der Waals surface area contributed by atoms with Crippen LogP contribution in [0.1, 0.15) is 39.6 Å². The van der Waals surface area contributed by atoms with Crippen LogP contribution in [0.3, 0.4) is 0 Å². The first-order chi connectivity index (χ1) is 14.5. The SMILES string of the molecule is [2H]C([2H])([2H])C([2H])([2H])C([2H])([2H])CNc1cc(C(=O)O)cc(S(N)(=O)=O)c1Oc1ccccc1. The highest BCUT2D eigenvalue weighted by Gasteiger charge is 2.23. The summed E-state index contributed by atoms with van der Waals surface area (Å²) in [6, 6.07) is 9.45. The monoisotopic (exact) mass is 371 g/mol. The molecule has 0 bridgehead atoms. The molecule has 2 rings (SSSR count). The highest BCUT2D eigenvalue weighted by Crippen LogP contribution is 2.37. The molecule has 0 saturated heterocycles. The van der Waals surface area contributed by atoms with Crippen LogP contribution in [0.15, 0.2) is 47.4 Å². The number of carboxylic acid groups (broad SMARTS) is 1. The summed E-state index contributed by atoms with van der Waals surface area (Å²) >= 11 is 0. The number of rotatable bonds is 8. The Hall–Kier alpha value is -2.58. The molecule has 0 aromatic heterocycles. The number of carboxylic acids is 1. The van der Waals surface area contributed by atoms with Crippen molar-refractivity contribution in [2.45, 2.75) is 24.5 Å². The summed E-state index contributed by atoms with van der Waals surface area (Å²) in [5.41, 5.74) is -0.876. The van der Waals surface area contributed by atoms with Crippen molar-refractivity contribution in [3.8, 4) is 11.5 Å². The highest BCUT2D eigenvalue weighted by atomic mass is 32.2. The van der Waals surface area contributed by atoms with Crippen LogP contribution in [0.4, 0.5) is 5.69 Å². The Kier molecular flexibility index (Phi) is 3.56. The third-order valence-electron chi connectivity index (χ3n) is 3.03. The molecule has 0 aliphatic heterocycles. The lowest BCUT2D eigenvalue weighted by Crippen LogP contribution is -2.16. The molecule has 0 saturated carbocycles. The maximum atomic E-state index is 12.1. The first-order valence-corrected chi connectivity index (χ1v) is 8.43. The average molecular weight is 371 g/mol. The van der Waals surface area contributed by atoms with Crippen molar-refractivity contribution in [2.75, 3.05) is 11.9 Å². The van der Waals surface area contributed by atoms with Gasteiger partial charge in [0.2, 0.25) is 10.0 Å². The van der Waals surface area contributed by atoms with Crippen LogP contribution in [0, 0.1) is 0 Å². The number of ether oxygens (including phenoxy) is 1. The van der Waals surface area contributed by atoms with Crippen molar-refractivity contribution in [2.24, 2.45) is 5.14 Å². The third-order valence-corrected chi connectivity index (χ3v) is 3.94. The summed E-state index contributed by atoms with van der Waals surface area (Å²) in [7, 11) is -4.52. The van der Waals surface area contributed by atoms with Crippen LogP contribution in [-0.2, 0) is 10.0 Å². The molecule has 0 aliphatic carbocycles. The summed E-state index contributed by atoms with van der Waals surface area (Å²) in [6.07, 6.45) is -6.27. The molecule has 134 valence electrons. The van der Waals surface area contributed by atoms with Gasteiger partial charge in [-0.15, -0.1) is 0 Å². The number of aromatic carboxylic acids is 1. The van der Waals surface area contributed by atoms with E-state index in [1.54, 1.807) is 18.2 Å². The second kappa shape index (κ2) is 8.00. The Morgan fingerprint density at radius 2 is 2.08 bits per heavy atom. The van der Waals surface area contributed by atoms with E-state index in [0.717, 1.165) is 12.1 Å². The first kappa shape index (κ1) is 11.1. The molecule has 0 unspecified atom stereocenters. The predicted octanol–water partition coefficient (Wildman–Crippen LogP) is 3.04. The van der Waals surface area contributed by atoms with E-state index in [1.807, 2.05) is 0 Å². The first-order valence-electron chi connectivity index (χ1n) is 10.4. The van der Waals surface area contributed by atoms with Crippen LogP contribution in [0.5, 0.6) is 11.5 Å². The minimum absolute atomic E-state index is 0.143. The van der Waals surface area contributed by atoms with Gasteiger partial charge < -0.3 is 15.2 Å². The minimum atomic E-state index is -4.52. The molecule has 4 N–H and O–H groups in total. The molecule has 0 spiro atoms. The standard InChI is InChI=1S/C17H20N2O5S/c1-2-3-9-19-14-10-12(17(20)21)11-15(25(18,22)23)16(14)24-13-7-5-4-6-8-13/h4-8,10-11,19H,2-3,9H2,1H3,(H,20,21)(H2,18,22,23)/i1D3,2D2,3D2. The second-order valence-corrected chi connectivity index (χ2v) is 6.30. The van der Waals surface area contributed by atoms with Crippen LogP contribution in [0.25, 0.3) is 0 Å². The molecule has 0 amide bonds. The fourth-order valence-electron chi connectivity index (χ4n) is 1.96. The third kappa shape index (κ3) is 4.94. The van der Waals surface area contributed by atoms with Gasteiger partial charge in [0.25, 0.3) is 0 Å². The number of benzene rings is 2. The predicted molar refractivity (Wildman–Crippen MR) is 94.7 cm³/mol. The van der Waals surface area contributed by atoms with Crippen LogP contribution >= 0.6 is 0 Å². The Balaban J connectivity index is 2.61. The van der Waals surface area contributed by atoms with Crippen LogP contribution in [0.2, 0.25) is 0 Å². The fraction of sp³-hybridized carbons (Fsp3) is 0.235. The van der Waals surface area contributed by atoms with Gasteiger partial charge in [-0.25, -0.2) is 18.4 Å². The van der Waals surface area contributed by atoms with Crippen LogP contribution < -0.4 is 15.2 Å². The summed E-state index contributed by atoms with van der Waals surface area (Å²) in [4.78, 5) is 10.8. The summed E-state index contributed by atoms with van der Waals surface area (Å²) < 4.78 is 82.8. The Labute approximate surface area is 156 Å². The number of sulfonamides is 1. The van der Waals surface area contributed by atoms with Gasteiger partial charge >= 0.3 is 5.97 Å². The van der Waals surface area contributed by atoms with Gasteiger partial charge in [0.15, 0.2) is 5.75 Å². The Morgan fingerprint density at radius 3 is 2.68 bits per heavy atom. The maximum absolute atomic E-state index is 12.1. The van der Waals surface area contributed by atoms with E-state index in [9.17, 15) is 18.3 Å². The lowest BCUT2D eigenvalue weighted by atomic mass is 10.1. The number of primary sulfonamides is 1. The largest absolute Gasteiger partial charge is 0.478 e. The molecule has 0 aliphatic rings. The molecule has 2 aromatic rings. The smallest absolute Gasteiger partial charge is 0.335 e. The molecular weight excluding hydrogens is 344 g/mol. The molecule has 8 heteroatoms. The van der Waals surface area contributed by atoms with Crippen LogP contribution in [-0.4, -0.2) is 26.0 Å². The number of hydrogen-bond donors (Lipinski definition) is 3. The second-order valence-electron chi connectivity index (χ2n) is 4.77. The Bertz CT molecular complexity index is 1110. The highest BCUT2D eigenvalue weighted by molar-refractivity contribution is 7.89. The molecule has 7 nitrogen and oxygen atoms in total. The van der Waals surface area contributed by atoms with Gasteiger partial charge in [0.1, 0.15) is 10.6 Å². The van der Waals surface area contributed by atoms with Gasteiger partial charge in [-0.1, -0.05) is 31.4 Å². The topological polar surface area (TPSA) is 119 Å². The summed E-state index contributed by atoms with van der Waals surface area (Å²) in [5, 5.41) is 16.9. The van der Waals surface area contributed by atoms with Crippen molar-refractivity contribution >= 4 is 21.7 Å². The van der Waals surface area contributed by atoms with Crippen molar-refractivity contribution in [1.82, 2.24) is 0 Å². The average Bonchev–Trinajstić information content (AvgIpc) is 2.65. The molecule has 2 aromatic carbocycles. The summed E-state index contributed by atoms with van der Waals surface area (Å²) in [6.45, 7) is -4.27. The van der Waals surface area contributed by atoms with Crippen molar-refractivity contribution in [3.05, 3.63) is 48.0 Å². The lowest BCUT2D eigenvalue weighted by molar-refractivity contribution is 0.0696. The number of nitrogens with one attached hydrogen (secondary N) is 1. The minimum Gasteiger partial charge on any atom is -0.478 e. The quantitative estimate of drug-likeness (QED) is 0.656. The van der Waals surface area contributed by atoms with Gasteiger partial charge in [0.05, 0.1) is 11.3 Å². The van der Waals surface area contributed by atoms with Gasteiger partial charge in [-0.05, 0) is 30.6 Å². The van der Waals surface area contributed by atoms with E-state index in [1.165, 1.54) is 12.1 Å². The van der Waals surface area contributed by atoms with E-state index < -0.39 is 58.3 Å².